The van der Waals surface area contributed by atoms with E-state index in [1.54, 1.807) is 0 Å². The van der Waals surface area contributed by atoms with Crippen LogP contribution in [0.1, 0.15) is 30.8 Å². The number of nitrogens with two attached hydrogens (primary N) is 1. The van der Waals surface area contributed by atoms with Crippen LogP contribution in [0.15, 0.2) is 16.5 Å². The number of likely N-dealkylation sites (tertiary alicyclic amines) is 1. The summed E-state index contributed by atoms with van der Waals surface area (Å²) >= 11 is 0. The second-order valence-corrected chi connectivity index (χ2v) is 5.65. The minimum Gasteiger partial charge on any atom is -0.463 e. The van der Waals surface area contributed by atoms with Crippen molar-refractivity contribution in [1.29, 1.82) is 0 Å². The molecule has 2 saturated heterocycles. The number of likely N-dealkylation sites (N-methyl/N-ethyl adjacent to an activating group) is 1. The molecule has 18 heavy (non-hydrogen) atoms. The molecule has 1 aromatic rings. The van der Waals surface area contributed by atoms with E-state index in [1.807, 2.05) is 6.07 Å². The topological polar surface area (TPSA) is 45.6 Å². The molecule has 4 nitrogen and oxygen atoms in total. The van der Waals surface area contributed by atoms with E-state index in [1.165, 1.54) is 32.4 Å². The van der Waals surface area contributed by atoms with Gasteiger partial charge in [-0.3, -0.25) is 9.80 Å². The second kappa shape index (κ2) is 5.03. The third kappa shape index (κ3) is 2.32. The molecule has 0 radical (unpaired) electrons. The Labute approximate surface area is 109 Å². The van der Waals surface area contributed by atoms with Crippen molar-refractivity contribution in [2.45, 2.75) is 44.4 Å². The smallest absolute Gasteiger partial charge is 0.118 e. The molecule has 100 valence electrons. The maximum Gasteiger partial charge on any atom is 0.118 e. The first-order chi connectivity index (χ1) is 8.76. The van der Waals surface area contributed by atoms with Gasteiger partial charge in [0.15, 0.2) is 0 Å². The third-order valence-corrected chi connectivity index (χ3v) is 4.53. The van der Waals surface area contributed by atoms with Crippen molar-refractivity contribution in [3.63, 3.8) is 0 Å². The summed E-state index contributed by atoms with van der Waals surface area (Å²) < 4.78 is 5.70. The average Bonchev–Trinajstić information content (AvgIpc) is 2.89. The van der Waals surface area contributed by atoms with Crippen molar-refractivity contribution in [2.24, 2.45) is 5.73 Å². The van der Waals surface area contributed by atoms with Gasteiger partial charge in [-0.25, -0.2) is 0 Å². The quantitative estimate of drug-likeness (QED) is 0.879. The molecule has 0 aromatic carbocycles. The van der Waals surface area contributed by atoms with Crippen LogP contribution in [-0.4, -0.2) is 42.0 Å². The molecule has 2 unspecified atom stereocenters. The lowest BCUT2D eigenvalue weighted by Gasteiger charge is -2.24. The Hall–Kier alpha value is -0.840. The van der Waals surface area contributed by atoms with Crippen LogP contribution in [0.5, 0.6) is 0 Å². The lowest BCUT2D eigenvalue weighted by molar-refractivity contribution is 0.204. The van der Waals surface area contributed by atoms with E-state index in [9.17, 15) is 0 Å². The van der Waals surface area contributed by atoms with E-state index in [-0.39, 0.29) is 0 Å². The zero-order valence-corrected chi connectivity index (χ0v) is 11.1. The molecule has 1 aromatic heterocycles. The molecule has 0 saturated carbocycles. The molecule has 0 amide bonds. The van der Waals surface area contributed by atoms with Gasteiger partial charge in [0, 0.05) is 25.2 Å². The maximum atomic E-state index is 5.70. The van der Waals surface area contributed by atoms with Crippen LogP contribution in [0.3, 0.4) is 0 Å². The van der Waals surface area contributed by atoms with Crippen molar-refractivity contribution in [3.8, 4) is 0 Å². The largest absolute Gasteiger partial charge is 0.463 e. The molecule has 2 N–H and O–H groups in total. The van der Waals surface area contributed by atoms with E-state index in [2.05, 4.69) is 22.9 Å². The van der Waals surface area contributed by atoms with E-state index in [0.717, 1.165) is 30.1 Å². The number of fused-ring (bicyclic) bond motifs is 2. The van der Waals surface area contributed by atoms with Gasteiger partial charge < -0.3 is 10.2 Å². The highest BCUT2D eigenvalue weighted by Gasteiger charge is 2.34. The summed E-state index contributed by atoms with van der Waals surface area (Å²) in [4.78, 5) is 5.10. The van der Waals surface area contributed by atoms with Crippen LogP contribution in [0.2, 0.25) is 0 Å². The summed E-state index contributed by atoms with van der Waals surface area (Å²) in [5, 5.41) is 0. The van der Waals surface area contributed by atoms with Crippen molar-refractivity contribution in [3.05, 3.63) is 23.7 Å². The van der Waals surface area contributed by atoms with Crippen LogP contribution >= 0.6 is 0 Å². The van der Waals surface area contributed by atoms with Gasteiger partial charge >= 0.3 is 0 Å². The Bertz CT molecular complexity index is 403. The zero-order chi connectivity index (χ0) is 12.5. The molecule has 4 heteroatoms. The summed E-state index contributed by atoms with van der Waals surface area (Å²) in [6, 6.07) is 5.60. The lowest BCUT2D eigenvalue weighted by atomic mass is 10.1. The number of hydrogen-bond donors (Lipinski definition) is 1. The van der Waals surface area contributed by atoms with Crippen LogP contribution in [0, 0.1) is 0 Å². The molecule has 3 heterocycles. The van der Waals surface area contributed by atoms with E-state index in [0.29, 0.717) is 6.54 Å². The predicted molar refractivity (Wildman–Crippen MR) is 71.1 cm³/mol. The Kier molecular flexibility index (Phi) is 3.41. The normalized spacial score (nSPS) is 29.7. The Morgan fingerprint density at radius 2 is 2.00 bits per heavy atom. The number of nitrogens with zero attached hydrogens (tertiary/aromatic N) is 2. The molecular weight excluding hydrogens is 226 g/mol. The van der Waals surface area contributed by atoms with Gasteiger partial charge in [0.05, 0.1) is 13.1 Å². The highest BCUT2D eigenvalue weighted by atomic mass is 16.3. The first-order valence-corrected chi connectivity index (χ1v) is 6.98. The van der Waals surface area contributed by atoms with Crippen LogP contribution < -0.4 is 5.73 Å². The van der Waals surface area contributed by atoms with Crippen LogP contribution in [0.4, 0.5) is 0 Å². The molecular formula is C14H23N3O. The van der Waals surface area contributed by atoms with Gasteiger partial charge in [0.25, 0.3) is 0 Å². The van der Waals surface area contributed by atoms with Gasteiger partial charge in [0.1, 0.15) is 11.5 Å². The predicted octanol–water partition coefficient (Wildman–Crippen LogP) is 1.41. The standard InChI is InChI=1S/C14H23N3O/c1-16-11-2-3-12(16)9-17(7-6-11)10-14-5-4-13(8-15)18-14/h4-5,11-12H,2-3,6-10,15H2,1H3. The number of furan rings is 1. The number of rotatable bonds is 3. The Morgan fingerprint density at radius 1 is 1.22 bits per heavy atom. The first kappa shape index (κ1) is 12.2. The molecule has 2 fully saturated rings. The summed E-state index contributed by atoms with van der Waals surface area (Å²) in [7, 11) is 2.28. The van der Waals surface area contributed by atoms with E-state index in [4.69, 9.17) is 10.2 Å². The fraction of sp³-hybridized carbons (Fsp3) is 0.714. The fourth-order valence-corrected chi connectivity index (χ4v) is 3.36. The van der Waals surface area contributed by atoms with Gasteiger partial charge in [-0.1, -0.05) is 0 Å². The molecule has 2 atom stereocenters. The van der Waals surface area contributed by atoms with Crippen molar-refractivity contribution in [2.75, 3.05) is 20.1 Å². The highest BCUT2D eigenvalue weighted by molar-refractivity contribution is 5.07. The Balaban J connectivity index is 1.63. The monoisotopic (exact) mass is 249 g/mol. The maximum absolute atomic E-state index is 5.70. The van der Waals surface area contributed by atoms with Gasteiger partial charge in [-0.05, 0) is 38.4 Å². The first-order valence-electron chi connectivity index (χ1n) is 6.98. The molecule has 2 aliphatic rings. The van der Waals surface area contributed by atoms with Crippen molar-refractivity contribution >= 4 is 0 Å². The van der Waals surface area contributed by atoms with E-state index < -0.39 is 0 Å². The average molecular weight is 249 g/mol. The minimum absolute atomic E-state index is 0.493. The van der Waals surface area contributed by atoms with Crippen molar-refractivity contribution in [1.82, 2.24) is 9.80 Å². The molecule has 0 aliphatic carbocycles. The SMILES string of the molecule is CN1C2CCC1CN(Cc1ccc(CN)o1)CC2. The summed E-state index contributed by atoms with van der Waals surface area (Å²) in [6.45, 7) is 3.78. The van der Waals surface area contributed by atoms with Gasteiger partial charge in [-0.15, -0.1) is 0 Å². The molecule has 2 aliphatic heterocycles. The highest BCUT2D eigenvalue weighted by Crippen LogP contribution is 2.29. The molecule has 3 rings (SSSR count). The molecule has 2 bridgehead atoms. The lowest BCUT2D eigenvalue weighted by Crippen LogP contribution is -2.36. The summed E-state index contributed by atoms with van der Waals surface area (Å²) in [6.07, 6.45) is 4.02. The number of hydrogen-bond acceptors (Lipinski definition) is 4. The summed E-state index contributed by atoms with van der Waals surface area (Å²) in [5.74, 6) is 1.94. The minimum atomic E-state index is 0.493. The van der Waals surface area contributed by atoms with Gasteiger partial charge in [-0.2, -0.15) is 0 Å². The Morgan fingerprint density at radius 3 is 2.78 bits per heavy atom. The van der Waals surface area contributed by atoms with E-state index >= 15 is 0 Å². The fourth-order valence-electron chi connectivity index (χ4n) is 3.36. The zero-order valence-electron chi connectivity index (χ0n) is 11.1. The van der Waals surface area contributed by atoms with Crippen molar-refractivity contribution < 1.29 is 4.42 Å². The van der Waals surface area contributed by atoms with Crippen LogP contribution in [0.25, 0.3) is 0 Å². The van der Waals surface area contributed by atoms with Gasteiger partial charge in [0.2, 0.25) is 0 Å². The summed E-state index contributed by atoms with van der Waals surface area (Å²) in [5.41, 5.74) is 5.57. The third-order valence-electron chi connectivity index (χ3n) is 4.53. The second-order valence-electron chi connectivity index (χ2n) is 5.65. The molecule has 0 spiro atoms. The van der Waals surface area contributed by atoms with Crippen LogP contribution in [-0.2, 0) is 13.1 Å².